The average Bonchev–Trinajstić information content (AvgIpc) is 3.75. The summed E-state index contributed by atoms with van der Waals surface area (Å²) in [5, 5.41) is 7.14. The first-order valence-corrected chi connectivity index (χ1v) is 17.7. The lowest BCUT2D eigenvalue weighted by molar-refractivity contribution is 0.669. The molecule has 50 heavy (non-hydrogen) atoms. The third kappa shape index (κ3) is 4.57. The van der Waals surface area contributed by atoms with Crippen LogP contribution in [0, 0.1) is 0 Å². The van der Waals surface area contributed by atoms with Crippen molar-refractivity contribution in [3.05, 3.63) is 182 Å². The predicted molar refractivity (Wildman–Crippen MR) is 213 cm³/mol. The highest BCUT2D eigenvalue weighted by Crippen LogP contribution is 2.52. The molecule has 0 saturated heterocycles. The first kappa shape index (κ1) is 28.6. The lowest BCUT2D eigenvalue weighted by atomic mass is 10.0. The number of fused-ring (bicyclic) bond motifs is 7. The van der Waals surface area contributed by atoms with Gasteiger partial charge in [-0.05, 0) is 89.6 Å². The Bertz CT molecular complexity index is 2780. The maximum Gasteiger partial charge on any atom is 0.137 e. The third-order valence-corrected chi connectivity index (χ3v) is 10.8. The van der Waals surface area contributed by atoms with Crippen molar-refractivity contribution < 1.29 is 4.42 Å². The molecular formula is C46H30N2OS. The van der Waals surface area contributed by atoms with Crippen LogP contribution in [0.25, 0.3) is 52.9 Å². The first-order valence-electron chi connectivity index (χ1n) is 16.9. The number of nitrogens with zero attached hydrogens (tertiary/aromatic N) is 2. The maximum absolute atomic E-state index is 6.42. The lowest BCUT2D eigenvalue weighted by Crippen LogP contribution is -2.13. The van der Waals surface area contributed by atoms with Gasteiger partial charge >= 0.3 is 0 Å². The number of para-hydroxylation sites is 4. The molecule has 10 rings (SSSR count). The van der Waals surface area contributed by atoms with Crippen molar-refractivity contribution in [2.75, 3.05) is 9.80 Å². The zero-order chi connectivity index (χ0) is 33.0. The molecule has 8 aromatic carbocycles. The molecule has 0 atom stereocenters. The molecule has 10 aromatic rings. The molecule has 0 spiro atoms. The summed E-state index contributed by atoms with van der Waals surface area (Å²) in [6, 6.07) is 64.9. The van der Waals surface area contributed by atoms with Gasteiger partial charge in [-0.25, -0.2) is 0 Å². The molecule has 0 unspecified atom stereocenters. The minimum absolute atomic E-state index is 0.873. The highest BCUT2D eigenvalue weighted by Gasteiger charge is 2.26. The van der Waals surface area contributed by atoms with Crippen molar-refractivity contribution in [3.8, 4) is 0 Å². The number of hydrogen-bond acceptors (Lipinski definition) is 4. The lowest BCUT2D eigenvalue weighted by Gasteiger charge is -2.30. The summed E-state index contributed by atoms with van der Waals surface area (Å²) in [5.74, 6) is 0. The summed E-state index contributed by atoms with van der Waals surface area (Å²) < 4.78 is 8.91. The first-order chi connectivity index (χ1) is 24.8. The molecule has 0 aliphatic rings. The van der Waals surface area contributed by atoms with E-state index in [2.05, 4.69) is 186 Å². The maximum atomic E-state index is 6.42. The number of thiophene rings is 1. The third-order valence-electron chi connectivity index (χ3n) is 9.59. The quantitative estimate of drug-likeness (QED) is 0.177. The van der Waals surface area contributed by atoms with Crippen LogP contribution in [0.5, 0.6) is 0 Å². The molecule has 3 nitrogen and oxygen atoms in total. The van der Waals surface area contributed by atoms with E-state index in [9.17, 15) is 0 Å². The number of furan rings is 1. The molecule has 0 aliphatic heterocycles. The summed E-state index contributed by atoms with van der Waals surface area (Å²) in [6.45, 7) is 0. The second-order valence-corrected chi connectivity index (χ2v) is 13.6. The molecular weight excluding hydrogens is 629 g/mol. The number of hydrogen-bond donors (Lipinski definition) is 0. The van der Waals surface area contributed by atoms with E-state index in [1.165, 1.54) is 30.9 Å². The van der Waals surface area contributed by atoms with Crippen LogP contribution in [0.1, 0.15) is 0 Å². The minimum atomic E-state index is 0.873. The van der Waals surface area contributed by atoms with Gasteiger partial charge in [0.2, 0.25) is 0 Å². The molecule has 236 valence electrons. The fourth-order valence-electron chi connectivity index (χ4n) is 7.41. The summed E-state index contributed by atoms with van der Waals surface area (Å²) in [7, 11) is 0. The SMILES string of the molecule is c1ccc(N(c2ccccc2)c2ccc(N(c3ccccc3)c3cccc4oc5ccccc5c34)c3c2sc2cc4ccccc4cc23)cc1. The predicted octanol–water partition coefficient (Wildman–Crippen LogP) is 14.0. The fraction of sp³-hybridized carbons (Fsp3) is 0. The van der Waals surface area contributed by atoms with Crippen molar-refractivity contribution in [3.63, 3.8) is 0 Å². The van der Waals surface area contributed by atoms with E-state index >= 15 is 0 Å². The van der Waals surface area contributed by atoms with Gasteiger partial charge in [-0.15, -0.1) is 11.3 Å². The van der Waals surface area contributed by atoms with Gasteiger partial charge in [0.1, 0.15) is 11.2 Å². The molecule has 0 N–H and O–H groups in total. The van der Waals surface area contributed by atoms with Gasteiger partial charge in [-0.1, -0.05) is 103 Å². The van der Waals surface area contributed by atoms with Gasteiger partial charge in [0.15, 0.2) is 0 Å². The molecule has 0 amide bonds. The van der Waals surface area contributed by atoms with Crippen molar-refractivity contribution in [1.82, 2.24) is 0 Å². The van der Waals surface area contributed by atoms with Gasteiger partial charge < -0.3 is 14.2 Å². The zero-order valence-electron chi connectivity index (χ0n) is 27.0. The minimum Gasteiger partial charge on any atom is -0.456 e. The van der Waals surface area contributed by atoms with E-state index in [4.69, 9.17) is 4.42 Å². The Morgan fingerprint density at radius 2 is 0.920 bits per heavy atom. The molecule has 2 aromatic heterocycles. The molecule has 4 heteroatoms. The number of rotatable bonds is 6. The van der Waals surface area contributed by atoms with Gasteiger partial charge in [-0.3, -0.25) is 0 Å². The molecule has 0 saturated carbocycles. The van der Waals surface area contributed by atoms with Crippen molar-refractivity contribution in [1.29, 1.82) is 0 Å². The number of anilines is 6. The van der Waals surface area contributed by atoms with Crippen molar-refractivity contribution >= 4 is 98.3 Å². The van der Waals surface area contributed by atoms with E-state index in [0.717, 1.165) is 56.1 Å². The molecule has 2 heterocycles. The summed E-state index contributed by atoms with van der Waals surface area (Å²) in [4.78, 5) is 4.81. The smallest absolute Gasteiger partial charge is 0.137 e. The van der Waals surface area contributed by atoms with Crippen molar-refractivity contribution in [2.24, 2.45) is 0 Å². The Balaban J connectivity index is 1.34. The number of benzene rings is 8. The Kier molecular flexibility index (Phi) is 6.68. The van der Waals surface area contributed by atoms with E-state index in [1.54, 1.807) is 0 Å². The van der Waals surface area contributed by atoms with Crippen LogP contribution in [-0.4, -0.2) is 0 Å². The average molecular weight is 659 g/mol. The van der Waals surface area contributed by atoms with Crippen LogP contribution in [0.15, 0.2) is 186 Å². The Morgan fingerprint density at radius 3 is 1.62 bits per heavy atom. The fourth-order valence-corrected chi connectivity index (χ4v) is 8.66. The molecule has 0 bridgehead atoms. The van der Waals surface area contributed by atoms with E-state index in [0.29, 0.717) is 0 Å². The van der Waals surface area contributed by atoms with Crippen LogP contribution in [-0.2, 0) is 0 Å². The van der Waals surface area contributed by atoms with Gasteiger partial charge in [0, 0.05) is 37.9 Å². The van der Waals surface area contributed by atoms with Crippen molar-refractivity contribution in [2.45, 2.75) is 0 Å². The van der Waals surface area contributed by atoms with E-state index < -0.39 is 0 Å². The second-order valence-electron chi connectivity index (χ2n) is 12.5. The zero-order valence-corrected chi connectivity index (χ0v) is 27.8. The molecule has 0 fully saturated rings. The Morgan fingerprint density at radius 1 is 0.380 bits per heavy atom. The van der Waals surface area contributed by atoms with Crippen LogP contribution in [0.4, 0.5) is 34.1 Å². The standard InChI is InChI=1S/C46H30N2OS/c1-4-17-33(18-5-1)47(34-19-6-2-7-20-34)40-28-27-39(45-37-29-31-15-10-11-16-32(31)30-43(37)50-46(40)45)48(35-21-8-3-9-22-35)38-24-14-26-42-44(38)36-23-12-13-25-41(36)49-42/h1-30H. The topological polar surface area (TPSA) is 19.6 Å². The van der Waals surface area contributed by atoms with Crippen LogP contribution >= 0.6 is 11.3 Å². The summed E-state index contributed by atoms with van der Waals surface area (Å²) >= 11 is 1.86. The second kappa shape index (κ2) is 11.7. The molecule has 0 aliphatic carbocycles. The van der Waals surface area contributed by atoms with Gasteiger partial charge in [0.05, 0.1) is 27.1 Å². The monoisotopic (exact) mass is 658 g/mol. The highest BCUT2D eigenvalue weighted by molar-refractivity contribution is 7.26. The van der Waals surface area contributed by atoms with Gasteiger partial charge in [0.25, 0.3) is 0 Å². The van der Waals surface area contributed by atoms with Crippen LogP contribution in [0.2, 0.25) is 0 Å². The van der Waals surface area contributed by atoms with Crippen LogP contribution < -0.4 is 9.80 Å². The summed E-state index contributed by atoms with van der Waals surface area (Å²) in [6.07, 6.45) is 0. The Hall–Kier alpha value is -6.36. The summed E-state index contributed by atoms with van der Waals surface area (Å²) in [5.41, 5.74) is 8.42. The highest BCUT2D eigenvalue weighted by atomic mass is 32.1. The normalized spacial score (nSPS) is 11.6. The largest absolute Gasteiger partial charge is 0.456 e. The van der Waals surface area contributed by atoms with E-state index in [-0.39, 0.29) is 0 Å². The molecule has 0 radical (unpaired) electrons. The van der Waals surface area contributed by atoms with Gasteiger partial charge in [-0.2, -0.15) is 0 Å². The van der Waals surface area contributed by atoms with E-state index in [1.807, 2.05) is 17.4 Å². The Labute approximate surface area is 293 Å². The van der Waals surface area contributed by atoms with Crippen LogP contribution in [0.3, 0.4) is 0 Å².